The molecule has 0 radical (unpaired) electrons. The fourth-order valence-corrected chi connectivity index (χ4v) is 3.32. The molecule has 0 spiro atoms. The monoisotopic (exact) mass is 391 g/mol. The zero-order valence-electron chi connectivity index (χ0n) is 15.3. The number of ether oxygens (including phenoxy) is 1. The first-order valence-electron chi connectivity index (χ1n) is 8.18. The van der Waals surface area contributed by atoms with Crippen LogP contribution in [0.4, 0.5) is 10.5 Å². The Balaban J connectivity index is 2.14. The van der Waals surface area contributed by atoms with E-state index in [0.717, 1.165) is 0 Å². The normalized spacial score (nSPS) is 11.5. The van der Waals surface area contributed by atoms with Gasteiger partial charge in [-0.1, -0.05) is 24.3 Å². The molecule has 0 heterocycles. The molecule has 1 amide bonds. The van der Waals surface area contributed by atoms with Gasteiger partial charge in [0.05, 0.1) is 4.90 Å². The van der Waals surface area contributed by atoms with E-state index in [1.54, 1.807) is 51.1 Å². The number of azide groups is 1. The van der Waals surface area contributed by atoms with Crippen molar-refractivity contribution >= 4 is 32.6 Å². The first-order valence-corrected chi connectivity index (χ1v) is 9.62. The number of nitrogens with zero attached hydrogens (tertiary/aromatic N) is 3. The van der Waals surface area contributed by atoms with E-state index in [0.29, 0.717) is 29.5 Å². The molecule has 0 fully saturated rings. The predicted octanol–water partition coefficient (Wildman–Crippen LogP) is 3.78. The van der Waals surface area contributed by atoms with Crippen molar-refractivity contribution in [2.75, 3.05) is 18.4 Å². The molecule has 27 heavy (non-hydrogen) atoms. The lowest BCUT2D eigenvalue weighted by atomic mass is 10.1. The maximum absolute atomic E-state index is 12.1. The van der Waals surface area contributed by atoms with E-state index in [9.17, 15) is 13.2 Å². The van der Waals surface area contributed by atoms with Crippen molar-refractivity contribution in [3.05, 3.63) is 46.8 Å². The van der Waals surface area contributed by atoms with Crippen molar-refractivity contribution in [2.24, 2.45) is 4.52 Å². The van der Waals surface area contributed by atoms with Gasteiger partial charge in [-0.3, -0.25) is 0 Å². The summed E-state index contributed by atoms with van der Waals surface area (Å²) in [5, 5.41) is 6.88. The van der Waals surface area contributed by atoms with Gasteiger partial charge in [-0.15, -0.1) is 0 Å². The van der Waals surface area contributed by atoms with Crippen molar-refractivity contribution in [1.29, 1.82) is 0 Å². The lowest BCUT2D eigenvalue weighted by molar-refractivity contribution is 0.0530. The molecule has 9 nitrogen and oxygen atoms in total. The number of alkyl carbamates (subject to hydrolysis) is 1. The fraction of sp³-hybridized carbons (Fsp3) is 0.353. The number of rotatable bonds is 6. The Bertz CT molecular complexity index is 992. The summed E-state index contributed by atoms with van der Waals surface area (Å²) in [4.78, 5) is 14.0. The Morgan fingerprint density at radius 1 is 1.15 bits per heavy atom. The van der Waals surface area contributed by atoms with Crippen LogP contribution in [-0.4, -0.2) is 33.2 Å². The molecule has 2 aromatic carbocycles. The van der Waals surface area contributed by atoms with E-state index < -0.39 is 21.7 Å². The van der Waals surface area contributed by atoms with Gasteiger partial charge in [0.1, 0.15) is 5.60 Å². The Hall–Kier alpha value is -2.97. The van der Waals surface area contributed by atoms with Crippen LogP contribution in [0.5, 0.6) is 0 Å². The molecule has 2 N–H and O–H groups in total. The second-order valence-electron chi connectivity index (χ2n) is 6.66. The summed E-state index contributed by atoms with van der Waals surface area (Å²) in [5.41, 5.74) is 8.59. The van der Waals surface area contributed by atoms with Gasteiger partial charge < -0.3 is 15.4 Å². The second kappa shape index (κ2) is 8.15. The Morgan fingerprint density at radius 3 is 2.48 bits per heavy atom. The molecule has 10 heteroatoms. The van der Waals surface area contributed by atoms with Crippen molar-refractivity contribution in [3.8, 4) is 0 Å². The van der Waals surface area contributed by atoms with E-state index in [4.69, 9.17) is 10.3 Å². The first kappa shape index (κ1) is 20.3. The highest BCUT2D eigenvalue weighted by Crippen LogP contribution is 2.29. The summed E-state index contributed by atoms with van der Waals surface area (Å²) in [6.07, 6.45) is -0.509. The third-order valence-corrected chi connectivity index (χ3v) is 4.61. The summed E-state index contributed by atoms with van der Waals surface area (Å²) in [7, 11) is -4.10. The maximum atomic E-state index is 12.1. The van der Waals surface area contributed by atoms with E-state index >= 15 is 0 Å². The van der Waals surface area contributed by atoms with Crippen LogP contribution >= 0.6 is 0 Å². The molecule has 0 atom stereocenters. The lowest BCUT2D eigenvalue weighted by Gasteiger charge is -2.19. The molecule has 0 unspecified atom stereocenters. The zero-order chi connectivity index (χ0) is 20.1. The summed E-state index contributed by atoms with van der Waals surface area (Å²) in [6.45, 7) is 6.07. The topological polar surface area (TPSA) is 133 Å². The number of fused-ring (bicyclic) bond motifs is 1. The molecule has 2 rings (SSSR count). The lowest BCUT2D eigenvalue weighted by Crippen LogP contribution is -2.35. The van der Waals surface area contributed by atoms with Crippen LogP contribution in [0.1, 0.15) is 20.8 Å². The first-order chi connectivity index (χ1) is 12.6. The van der Waals surface area contributed by atoms with Crippen molar-refractivity contribution in [3.63, 3.8) is 0 Å². The van der Waals surface area contributed by atoms with Gasteiger partial charge in [-0.05, 0) is 38.4 Å². The number of nitrogens with one attached hydrogen (secondary N) is 2. The number of carbonyl (C=O) groups excluding carboxylic acids is 1. The molecule has 0 bridgehead atoms. The molecule has 0 aromatic heterocycles. The molecule has 0 saturated carbocycles. The molecule has 2 aromatic rings. The highest BCUT2D eigenvalue weighted by atomic mass is 32.2. The van der Waals surface area contributed by atoms with Gasteiger partial charge >= 0.3 is 6.09 Å². The predicted molar refractivity (Wildman–Crippen MR) is 103 cm³/mol. The number of hydrogen-bond acceptors (Lipinski definition) is 5. The Kier molecular flexibility index (Phi) is 6.14. The van der Waals surface area contributed by atoms with Gasteiger partial charge in [0.15, 0.2) is 0 Å². The van der Waals surface area contributed by atoms with Crippen molar-refractivity contribution in [1.82, 2.24) is 5.32 Å². The minimum absolute atomic E-state index is 0.0617. The molecule has 0 saturated heterocycles. The Morgan fingerprint density at radius 2 is 1.81 bits per heavy atom. The van der Waals surface area contributed by atoms with Gasteiger partial charge in [-0.25, -0.2) is 13.2 Å². The van der Waals surface area contributed by atoms with Crippen LogP contribution in [0.2, 0.25) is 0 Å². The number of carbonyl (C=O) groups is 1. The SMILES string of the molecule is CC(C)(C)OC(=O)NCCNc1cccc2c(S(=O)(=O)N=[N+]=[N-])cccc12. The number of anilines is 1. The molecular formula is C17H21N5O4S. The average molecular weight is 391 g/mol. The average Bonchev–Trinajstić information content (AvgIpc) is 2.56. The number of sulfonamides is 1. The highest BCUT2D eigenvalue weighted by Gasteiger charge is 2.17. The zero-order valence-corrected chi connectivity index (χ0v) is 16.1. The minimum atomic E-state index is -4.10. The van der Waals surface area contributed by atoms with Gasteiger partial charge in [-0.2, -0.15) is 0 Å². The third-order valence-electron chi connectivity index (χ3n) is 3.41. The highest BCUT2D eigenvalue weighted by molar-refractivity contribution is 7.90. The molecule has 0 aliphatic rings. The second-order valence-corrected chi connectivity index (χ2v) is 8.21. The van der Waals surface area contributed by atoms with Crippen molar-refractivity contribution in [2.45, 2.75) is 31.3 Å². The number of benzene rings is 2. The number of hydrogen-bond donors (Lipinski definition) is 2. The smallest absolute Gasteiger partial charge is 0.407 e. The van der Waals surface area contributed by atoms with Crippen LogP contribution < -0.4 is 10.6 Å². The van der Waals surface area contributed by atoms with Gasteiger partial charge in [0, 0.05) is 39.0 Å². The maximum Gasteiger partial charge on any atom is 0.407 e. The minimum Gasteiger partial charge on any atom is -0.444 e. The largest absolute Gasteiger partial charge is 0.444 e. The molecule has 0 aliphatic carbocycles. The number of amides is 1. The van der Waals surface area contributed by atoms with E-state index in [1.807, 2.05) is 0 Å². The van der Waals surface area contributed by atoms with Crippen LogP contribution in [0, 0.1) is 0 Å². The third kappa shape index (κ3) is 5.50. The summed E-state index contributed by atoms with van der Waals surface area (Å²) in [5.74, 6) is 0. The quantitative estimate of drug-likeness (QED) is 0.334. The van der Waals surface area contributed by atoms with Crippen LogP contribution in [-0.2, 0) is 14.8 Å². The summed E-state index contributed by atoms with van der Waals surface area (Å²) in [6, 6.07) is 9.85. The molecular weight excluding hydrogens is 370 g/mol. The van der Waals surface area contributed by atoms with E-state index in [1.165, 1.54) is 6.07 Å². The Labute approximate surface area is 157 Å². The van der Waals surface area contributed by atoms with E-state index in [2.05, 4.69) is 20.1 Å². The van der Waals surface area contributed by atoms with Crippen LogP contribution in [0.15, 0.2) is 45.8 Å². The fourth-order valence-electron chi connectivity index (χ4n) is 2.43. The van der Waals surface area contributed by atoms with Gasteiger partial charge in [0.25, 0.3) is 10.0 Å². The standard InChI is InChI=1S/C17H21N5O4S/c1-17(2,3)26-16(23)20-11-10-19-14-8-4-7-13-12(14)6-5-9-15(13)27(24,25)22-21-18/h4-9,19H,10-11H2,1-3H3,(H,20,23). The summed E-state index contributed by atoms with van der Waals surface area (Å²) < 4.78 is 32.3. The van der Waals surface area contributed by atoms with Gasteiger partial charge in [0.2, 0.25) is 0 Å². The molecule has 0 aliphatic heterocycles. The van der Waals surface area contributed by atoms with Crippen LogP contribution in [0.3, 0.4) is 0 Å². The van der Waals surface area contributed by atoms with Crippen LogP contribution in [0.25, 0.3) is 21.2 Å². The molecule has 144 valence electrons. The van der Waals surface area contributed by atoms with Crippen molar-refractivity contribution < 1.29 is 17.9 Å². The van der Waals surface area contributed by atoms with E-state index in [-0.39, 0.29) is 4.90 Å². The summed E-state index contributed by atoms with van der Waals surface area (Å²) >= 11 is 0.